The third-order valence-corrected chi connectivity index (χ3v) is 4.45. The quantitative estimate of drug-likeness (QED) is 0.485. The highest BCUT2D eigenvalue weighted by Gasteiger charge is 2.63. The van der Waals surface area contributed by atoms with Gasteiger partial charge in [-0.15, -0.1) is 0 Å². The van der Waals surface area contributed by atoms with Gasteiger partial charge < -0.3 is 4.74 Å². The minimum atomic E-state index is -0.128. The molecule has 3 rings (SSSR count). The van der Waals surface area contributed by atoms with E-state index in [9.17, 15) is 4.79 Å². The molecule has 0 bridgehead atoms. The lowest BCUT2D eigenvalue weighted by Gasteiger charge is -2.60. The Morgan fingerprint density at radius 2 is 2.07 bits per heavy atom. The van der Waals surface area contributed by atoms with Gasteiger partial charge in [-0.25, -0.2) is 4.79 Å². The van der Waals surface area contributed by atoms with E-state index in [1.807, 2.05) is 0 Å². The van der Waals surface area contributed by atoms with Crippen molar-refractivity contribution in [1.82, 2.24) is 0 Å². The molecule has 0 N–H and O–H groups in total. The fraction of sp³-hybridized carbons (Fsp3) is 0.615. The number of ether oxygens (including phenoxy) is 1. The van der Waals surface area contributed by atoms with Crippen LogP contribution in [-0.2, 0) is 9.53 Å². The van der Waals surface area contributed by atoms with Crippen LogP contribution >= 0.6 is 0 Å². The molecule has 0 aromatic heterocycles. The van der Waals surface area contributed by atoms with Crippen LogP contribution in [0.1, 0.15) is 32.1 Å². The van der Waals surface area contributed by atoms with E-state index in [-0.39, 0.29) is 16.8 Å². The van der Waals surface area contributed by atoms with Crippen LogP contribution in [0.15, 0.2) is 23.8 Å². The lowest BCUT2D eigenvalue weighted by molar-refractivity contribution is -0.139. The summed E-state index contributed by atoms with van der Waals surface area (Å²) >= 11 is 0. The summed E-state index contributed by atoms with van der Waals surface area (Å²) in [5.74, 6) is -0.128. The van der Waals surface area contributed by atoms with Gasteiger partial charge in [0.1, 0.15) is 0 Å². The Morgan fingerprint density at radius 3 is 2.73 bits per heavy atom. The average Bonchev–Trinajstić information content (AvgIpc) is 2.36. The second-order valence-corrected chi connectivity index (χ2v) is 4.96. The van der Waals surface area contributed by atoms with E-state index >= 15 is 0 Å². The molecule has 2 nitrogen and oxygen atoms in total. The predicted octanol–water partition coefficient (Wildman–Crippen LogP) is 2.61. The number of hydrogen-bond acceptors (Lipinski definition) is 2. The maximum absolute atomic E-state index is 11.6. The number of rotatable bonds is 1. The van der Waals surface area contributed by atoms with E-state index < -0.39 is 0 Å². The predicted molar refractivity (Wildman–Crippen MR) is 57.2 cm³/mol. The largest absolute Gasteiger partial charge is 0.466 e. The molecule has 2 unspecified atom stereocenters. The molecule has 0 spiro atoms. The van der Waals surface area contributed by atoms with Crippen molar-refractivity contribution in [3.8, 4) is 0 Å². The van der Waals surface area contributed by atoms with E-state index in [1.165, 1.54) is 32.8 Å². The summed E-state index contributed by atoms with van der Waals surface area (Å²) < 4.78 is 4.85. The summed E-state index contributed by atoms with van der Waals surface area (Å²) in [5.41, 5.74) is 1.21. The molecule has 80 valence electrons. The monoisotopic (exact) mass is 204 g/mol. The molecule has 0 radical (unpaired) electrons. The van der Waals surface area contributed by atoms with Crippen molar-refractivity contribution in [3.05, 3.63) is 23.8 Å². The summed E-state index contributed by atoms with van der Waals surface area (Å²) in [6.45, 7) is 0. The van der Waals surface area contributed by atoms with Gasteiger partial charge in [-0.05, 0) is 12.8 Å². The first-order valence-electron chi connectivity index (χ1n) is 5.76. The number of hydrogen-bond donors (Lipinski definition) is 0. The SMILES string of the molecule is COC(=O)C1=CC23C=CC12CCCCC3. The Labute approximate surface area is 90.0 Å². The molecule has 0 aromatic carbocycles. The van der Waals surface area contributed by atoms with Gasteiger partial charge in [0.15, 0.2) is 0 Å². The second kappa shape index (κ2) is 2.75. The van der Waals surface area contributed by atoms with Gasteiger partial charge in [-0.2, -0.15) is 0 Å². The van der Waals surface area contributed by atoms with Crippen LogP contribution in [0.3, 0.4) is 0 Å². The van der Waals surface area contributed by atoms with Gasteiger partial charge in [-0.3, -0.25) is 0 Å². The van der Waals surface area contributed by atoms with Crippen LogP contribution in [0.5, 0.6) is 0 Å². The van der Waals surface area contributed by atoms with Gasteiger partial charge in [0, 0.05) is 16.4 Å². The third kappa shape index (κ3) is 0.882. The molecule has 1 fully saturated rings. The molecule has 0 aliphatic heterocycles. The normalized spacial score (nSPS) is 41.3. The molecule has 0 saturated heterocycles. The number of allylic oxidation sites excluding steroid dienone is 3. The molecule has 2 atom stereocenters. The Bertz CT molecular complexity index is 380. The lowest BCUT2D eigenvalue weighted by Crippen LogP contribution is -2.54. The summed E-state index contributed by atoms with van der Waals surface area (Å²) in [7, 11) is 1.47. The highest BCUT2D eigenvalue weighted by atomic mass is 16.5. The van der Waals surface area contributed by atoms with Gasteiger partial charge in [0.05, 0.1) is 7.11 Å². The van der Waals surface area contributed by atoms with Gasteiger partial charge in [-0.1, -0.05) is 37.5 Å². The van der Waals surface area contributed by atoms with E-state index in [1.54, 1.807) is 0 Å². The fourth-order valence-corrected chi connectivity index (χ4v) is 3.50. The van der Waals surface area contributed by atoms with Crippen LogP contribution in [0, 0.1) is 10.8 Å². The minimum Gasteiger partial charge on any atom is -0.466 e. The number of methoxy groups -OCH3 is 1. The second-order valence-electron chi connectivity index (χ2n) is 4.96. The highest BCUT2D eigenvalue weighted by Crippen LogP contribution is 2.69. The lowest BCUT2D eigenvalue weighted by atomic mass is 9.42. The minimum absolute atomic E-state index is 0.0661. The average molecular weight is 204 g/mol. The zero-order valence-electron chi connectivity index (χ0n) is 9.08. The topological polar surface area (TPSA) is 26.3 Å². The van der Waals surface area contributed by atoms with E-state index in [2.05, 4.69) is 18.2 Å². The van der Waals surface area contributed by atoms with E-state index in [4.69, 9.17) is 4.74 Å². The van der Waals surface area contributed by atoms with Crippen LogP contribution < -0.4 is 0 Å². The highest BCUT2D eigenvalue weighted by molar-refractivity contribution is 5.94. The van der Waals surface area contributed by atoms with Crippen LogP contribution in [0.25, 0.3) is 0 Å². The molecule has 0 amide bonds. The first-order chi connectivity index (χ1) is 7.24. The number of esters is 1. The molecule has 0 aromatic rings. The first kappa shape index (κ1) is 9.20. The van der Waals surface area contributed by atoms with E-state index in [0.717, 1.165) is 12.0 Å². The molecule has 15 heavy (non-hydrogen) atoms. The number of carbonyl (C=O) groups is 1. The van der Waals surface area contributed by atoms with Crippen molar-refractivity contribution >= 4 is 5.97 Å². The summed E-state index contributed by atoms with van der Waals surface area (Å²) in [6.07, 6.45) is 12.8. The van der Waals surface area contributed by atoms with Gasteiger partial charge >= 0.3 is 5.97 Å². The molecule has 3 aliphatic rings. The van der Waals surface area contributed by atoms with Crippen LogP contribution in [0.2, 0.25) is 0 Å². The molecular formula is C13H16O2. The van der Waals surface area contributed by atoms with E-state index in [0.29, 0.717) is 0 Å². The fourth-order valence-electron chi connectivity index (χ4n) is 3.50. The Kier molecular flexibility index (Phi) is 1.68. The van der Waals surface area contributed by atoms with Crippen molar-refractivity contribution in [3.63, 3.8) is 0 Å². The van der Waals surface area contributed by atoms with Crippen LogP contribution in [0.4, 0.5) is 0 Å². The standard InChI is InChI=1S/C13H16O2/c1-15-11(14)10-9-12-5-3-2-4-6-13(10,12)8-7-12/h7-9H,2-6H2,1H3. The zero-order chi connectivity index (χ0) is 10.5. The third-order valence-electron chi connectivity index (χ3n) is 4.45. The van der Waals surface area contributed by atoms with Gasteiger partial charge in [0.2, 0.25) is 0 Å². The molecule has 1 saturated carbocycles. The summed E-state index contributed by atoms with van der Waals surface area (Å²) in [4.78, 5) is 11.6. The summed E-state index contributed by atoms with van der Waals surface area (Å²) in [6, 6.07) is 0. The van der Waals surface area contributed by atoms with Crippen molar-refractivity contribution in [2.45, 2.75) is 32.1 Å². The maximum atomic E-state index is 11.6. The molecule has 3 aliphatic carbocycles. The van der Waals surface area contributed by atoms with Gasteiger partial charge in [0.25, 0.3) is 0 Å². The Hall–Kier alpha value is -1.05. The molecule has 2 heteroatoms. The molecular weight excluding hydrogens is 188 g/mol. The maximum Gasteiger partial charge on any atom is 0.334 e. The summed E-state index contributed by atoms with van der Waals surface area (Å²) in [5, 5.41) is 0. The van der Waals surface area contributed by atoms with Crippen molar-refractivity contribution < 1.29 is 9.53 Å². The van der Waals surface area contributed by atoms with Crippen molar-refractivity contribution in [2.24, 2.45) is 10.8 Å². The Morgan fingerprint density at radius 1 is 1.27 bits per heavy atom. The smallest absolute Gasteiger partial charge is 0.334 e. The molecule has 0 heterocycles. The zero-order valence-corrected chi connectivity index (χ0v) is 9.08. The number of carbonyl (C=O) groups excluding carboxylic acids is 1. The van der Waals surface area contributed by atoms with Crippen molar-refractivity contribution in [2.75, 3.05) is 7.11 Å². The Balaban J connectivity index is 1.97. The van der Waals surface area contributed by atoms with Crippen LogP contribution in [-0.4, -0.2) is 13.1 Å². The first-order valence-corrected chi connectivity index (χ1v) is 5.76. The van der Waals surface area contributed by atoms with Crippen molar-refractivity contribution in [1.29, 1.82) is 0 Å².